The molecule has 1 aliphatic rings. The number of imidazole rings is 1. The van der Waals surface area contributed by atoms with Crippen LogP contribution in [0.5, 0.6) is 0 Å². The van der Waals surface area contributed by atoms with Crippen LogP contribution in [0, 0.1) is 5.92 Å². The second-order valence-electron chi connectivity index (χ2n) is 4.93. The summed E-state index contributed by atoms with van der Waals surface area (Å²) in [4.78, 5) is 4.26. The van der Waals surface area contributed by atoms with Gasteiger partial charge >= 0.3 is 0 Å². The normalized spacial score (nSPS) is 22.6. The van der Waals surface area contributed by atoms with E-state index in [2.05, 4.69) is 35.6 Å². The van der Waals surface area contributed by atoms with Crippen molar-refractivity contribution in [2.75, 3.05) is 0 Å². The summed E-state index contributed by atoms with van der Waals surface area (Å²) in [5, 5.41) is 0. The fourth-order valence-electron chi connectivity index (χ4n) is 2.25. The Balaban J connectivity index is 2.21. The molecule has 1 aromatic heterocycles. The molecule has 1 aliphatic carbocycles. The number of hydrogen-bond acceptors (Lipinski definition) is 2. The molecule has 16 heavy (non-hydrogen) atoms. The standard InChI is InChI=1S/C13H21N3/c1-10(2)13(14)12-8-15-9-16(12)11-6-4-3-5-7-11/h3-4,8-11,13H,5-7,14H2,1-2H3. The molecule has 0 aromatic carbocycles. The minimum Gasteiger partial charge on any atom is -0.330 e. The van der Waals surface area contributed by atoms with Crippen LogP contribution >= 0.6 is 0 Å². The Morgan fingerprint density at radius 3 is 2.88 bits per heavy atom. The maximum absolute atomic E-state index is 6.21. The Labute approximate surface area is 97.4 Å². The van der Waals surface area contributed by atoms with Crippen LogP contribution in [0.4, 0.5) is 0 Å². The predicted octanol–water partition coefficient (Wildman–Crippen LogP) is 2.82. The first kappa shape index (κ1) is 11.4. The quantitative estimate of drug-likeness (QED) is 0.794. The summed E-state index contributed by atoms with van der Waals surface area (Å²) in [6.45, 7) is 4.31. The summed E-state index contributed by atoms with van der Waals surface area (Å²) in [5.41, 5.74) is 7.39. The van der Waals surface area contributed by atoms with Gasteiger partial charge in [-0.3, -0.25) is 0 Å². The summed E-state index contributed by atoms with van der Waals surface area (Å²) in [7, 11) is 0. The molecule has 0 amide bonds. The average Bonchev–Trinajstić information content (AvgIpc) is 2.77. The SMILES string of the molecule is CC(C)C(N)c1cncn1C1CC=CCC1. The first-order valence-corrected chi connectivity index (χ1v) is 6.12. The van der Waals surface area contributed by atoms with Crippen molar-refractivity contribution in [3.8, 4) is 0 Å². The Hall–Kier alpha value is -1.09. The van der Waals surface area contributed by atoms with Gasteiger partial charge in [0, 0.05) is 18.3 Å². The van der Waals surface area contributed by atoms with E-state index in [1.165, 1.54) is 18.5 Å². The van der Waals surface area contributed by atoms with E-state index in [9.17, 15) is 0 Å². The molecule has 88 valence electrons. The van der Waals surface area contributed by atoms with E-state index in [1.54, 1.807) is 0 Å². The van der Waals surface area contributed by atoms with Crippen molar-refractivity contribution in [3.05, 3.63) is 30.4 Å². The molecule has 0 saturated heterocycles. The summed E-state index contributed by atoms with van der Waals surface area (Å²) in [6.07, 6.45) is 11.8. The van der Waals surface area contributed by atoms with Crippen LogP contribution in [0.25, 0.3) is 0 Å². The van der Waals surface area contributed by atoms with Gasteiger partial charge in [0.25, 0.3) is 0 Å². The van der Waals surface area contributed by atoms with E-state index >= 15 is 0 Å². The molecule has 2 atom stereocenters. The molecule has 0 fully saturated rings. The Morgan fingerprint density at radius 2 is 2.25 bits per heavy atom. The monoisotopic (exact) mass is 219 g/mol. The highest BCUT2D eigenvalue weighted by Gasteiger charge is 2.20. The average molecular weight is 219 g/mol. The van der Waals surface area contributed by atoms with Crippen molar-refractivity contribution in [2.24, 2.45) is 11.7 Å². The highest BCUT2D eigenvalue weighted by Crippen LogP contribution is 2.28. The molecule has 3 heteroatoms. The van der Waals surface area contributed by atoms with E-state index in [1.807, 2.05) is 12.5 Å². The predicted molar refractivity (Wildman–Crippen MR) is 66.0 cm³/mol. The van der Waals surface area contributed by atoms with E-state index in [0.29, 0.717) is 12.0 Å². The Morgan fingerprint density at radius 1 is 1.44 bits per heavy atom. The number of nitrogens with two attached hydrogens (primary N) is 1. The zero-order valence-corrected chi connectivity index (χ0v) is 10.1. The molecule has 0 aliphatic heterocycles. The van der Waals surface area contributed by atoms with Crippen LogP contribution in [-0.4, -0.2) is 9.55 Å². The zero-order chi connectivity index (χ0) is 11.5. The van der Waals surface area contributed by atoms with E-state index < -0.39 is 0 Å². The van der Waals surface area contributed by atoms with Crippen LogP contribution in [0.1, 0.15) is 50.9 Å². The van der Waals surface area contributed by atoms with Gasteiger partial charge in [-0.1, -0.05) is 26.0 Å². The third-order valence-corrected chi connectivity index (χ3v) is 3.39. The van der Waals surface area contributed by atoms with E-state index in [4.69, 9.17) is 5.73 Å². The summed E-state index contributed by atoms with van der Waals surface area (Å²) < 4.78 is 2.27. The molecule has 2 rings (SSSR count). The van der Waals surface area contributed by atoms with Crippen molar-refractivity contribution in [3.63, 3.8) is 0 Å². The van der Waals surface area contributed by atoms with E-state index in [0.717, 1.165) is 6.42 Å². The zero-order valence-electron chi connectivity index (χ0n) is 10.1. The maximum atomic E-state index is 6.21. The molecule has 2 unspecified atom stereocenters. The third kappa shape index (κ3) is 2.19. The summed E-state index contributed by atoms with van der Waals surface area (Å²) in [6, 6.07) is 0.640. The molecule has 0 bridgehead atoms. The summed E-state index contributed by atoms with van der Waals surface area (Å²) in [5.74, 6) is 0.453. The second kappa shape index (κ2) is 4.83. The van der Waals surface area contributed by atoms with Crippen LogP contribution < -0.4 is 5.73 Å². The van der Waals surface area contributed by atoms with E-state index in [-0.39, 0.29) is 6.04 Å². The van der Waals surface area contributed by atoms with Crippen molar-refractivity contribution >= 4 is 0 Å². The minimum absolute atomic E-state index is 0.0911. The Kier molecular flexibility index (Phi) is 3.44. The number of aromatic nitrogens is 2. The van der Waals surface area contributed by atoms with Crippen molar-refractivity contribution in [2.45, 2.75) is 45.2 Å². The fourth-order valence-corrected chi connectivity index (χ4v) is 2.25. The van der Waals surface area contributed by atoms with Crippen molar-refractivity contribution in [1.29, 1.82) is 0 Å². The lowest BCUT2D eigenvalue weighted by Crippen LogP contribution is -2.22. The number of nitrogens with zero attached hydrogens (tertiary/aromatic N) is 2. The van der Waals surface area contributed by atoms with Gasteiger partial charge in [-0.15, -0.1) is 0 Å². The Bertz CT molecular complexity index is 365. The van der Waals surface area contributed by atoms with Gasteiger partial charge in [-0.2, -0.15) is 0 Å². The molecular formula is C13H21N3. The largest absolute Gasteiger partial charge is 0.330 e. The van der Waals surface area contributed by atoms with Gasteiger partial charge in [0.15, 0.2) is 0 Å². The first-order valence-electron chi connectivity index (χ1n) is 6.12. The second-order valence-corrected chi connectivity index (χ2v) is 4.93. The van der Waals surface area contributed by atoms with Gasteiger partial charge in [0.2, 0.25) is 0 Å². The summed E-state index contributed by atoms with van der Waals surface area (Å²) >= 11 is 0. The van der Waals surface area contributed by atoms with Gasteiger partial charge < -0.3 is 10.3 Å². The fraction of sp³-hybridized carbons (Fsp3) is 0.615. The maximum Gasteiger partial charge on any atom is 0.0951 e. The van der Waals surface area contributed by atoms with Gasteiger partial charge in [0.1, 0.15) is 0 Å². The van der Waals surface area contributed by atoms with Gasteiger partial charge in [-0.05, 0) is 25.2 Å². The smallest absolute Gasteiger partial charge is 0.0951 e. The van der Waals surface area contributed by atoms with Crippen LogP contribution in [0.2, 0.25) is 0 Å². The van der Waals surface area contributed by atoms with Crippen LogP contribution in [-0.2, 0) is 0 Å². The van der Waals surface area contributed by atoms with Crippen LogP contribution in [0.3, 0.4) is 0 Å². The van der Waals surface area contributed by atoms with Gasteiger partial charge in [-0.25, -0.2) is 4.98 Å². The number of hydrogen-bond donors (Lipinski definition) is 1. The van der Waals surface area contributed by atoms with Crippen LogP contribution in [0.15, 0.2) is 24.7 Å². The molecule has 2 N–H and O–H groups in total. The molecule has 3 nitrogen and oxygen atoms in total. The lowest BCUT2D eigenvalue weighted by Gasteiger charge is -2.25. The number of rotatable bonds is 3. The lowest BCUT2D eigenvalue weighted by molar-refractivity contribution is 0.410. The first-order chi connectivity index (χ1) is 7.70. The molecular weight excluding hydrogens is 198 g/mol. The lowest BCUT2D eigenvalue weighted by atomic mass is 9.98. The molecule has 1 aromatic rings. The number of allylic oxidation sites excluding steroid dienone is 2. The van der Waals surface area contributed by atoms with Gasteiger partial charge in [0.05, 0.1) is 12.0 Å². The van der Waals surface area contributed by atoms with Crippen molar-refractivity contribution in [1.82, 2.24) is 9.55 Å². The molecule has 1 heterocycles. The van der Waals surface area contributed by atoms with Crippen molar-refractivity contribution < 1.29 is 0 Å². The minimum atomic E-state index is 0.0911. The third-order valence-electron chi connectivity index (χ3n) is 3.39. The molecule has 0 spiro atoms. The highest BCUT2D eigenvalue weighted by atomic mass is 15.1. The highest BCUT2D eigenvalue weighted by molar-refractivity contribution is 5.08. The molecule has 0 saturated carbocycles. The molecule has 0 radical (unpaired) electrons. The topological polar surface area (TPSA) is 43.8 Å².